The Bertz CT molecular complexity index is 564. The first-order valence-electron chi connectivity index (χ1n) is 6.53. The molecule has 0 aliphatic rings. The van der Waals surface area contributed by atoms with Gasteiger partial charge in [0.2, 0.25) is 0 Å². The highest BCUT2D eigenvalue weighted by Gasteiger charge is 2.44. The normalized spacial score (nSPS) is 13.4. The second-order valence-electron chi connectivity index (χ2n) is 6.80. The van der Waals surface area contributed by atoms with Crippen LogP contribution >= 0.6 is 0 Å². The smallest absolute Gasteiger partial charge is 0.279 e. The van der Waals surface area contributed by atoms with E-state index in [1.54, 1.807) is 0 Å². The number of rotatable bonds is 0. The predicted molar refractivity (Wildman–Crippen MR) is 77.9 cm³/mol. The van der Waals surface area contributed by atoms with Crippen molar-refractivity contribution in [3.05, 3.63) is 30.1 Å². The molecular weight excluding hydrogens is 319 g/mol. The molecule has 0 atom stereocenters. The molecule has 0 aliphatic carbocycles. The fraction of sp³-hybridized carbons (Fsp3) is 0.643. The number of hydrogen-bond donors (Lipinski definition) is 1. The van der Waals surface area contributed by atoms with Crippen molar-refractivity contribution in [2.24, 2.45) is 0 Å². The molecular formula is C14H23F3NO3S+. The van der Waals surface area contributed by atoms with Crippen molar-refractivity contribution >= 4 is 10.1 Å². The van der Waals surface area contributed by atoms with E-state index in [2.05, 4.69) is 70.5 Å². The number of hydrogen-bond acceptors (Lipinski definition) is 2. The molecule has 0 aromatic carbocycles. The molecule has 4 nitrogen and oxygen atoms in total. The van der Waals surface area contributed by atoms with Crippen LogP contribution in [-0.2, 0) is 21.1 Å². The van der Waals surface area contributed by atoms with Crippen molar-refractivity contribution in [3.8, 4) is 0 Å². The van der Waals surface area contributed by atoms with Crippen LogP contribution in [0, 0.1) is 0 Å². The first kappa shape index (κ1) is 20.9. The van der Waals surface area contributed by atoms with Crippen molar-refractivity contribution in [2.75, 3.05) is 0 Å². The Morgan fingerprint density at radius 3 is 1.64 bits per heavy atom. The number of pyridine rings is 1. The summed E-state index contributed by atoms with van der Waals surface area (Å²) in [5.74, 6) is 0. The quantitative estimate of drug-likeness (QED) is 0.446. The number of halogens is 3. The minimum atomic E-state index is -5.84. The Morgan fingerprint density at radius 1 is 1.00 bits per heavy atom. The average molecular weight is 342 g/mol. The van der Waals surface area contributed by atoms with Gasteiger partial charge in [-0.15, -0.1) is 0 Å². The van der Waals surface area contributed by atoms with Crippen LogP contribution in [0.25, 0.3) is 0 Å². The van der Waals surface area contributed by atoms with Crippen LogP contribution in [0.15, 0.2) is 24.4 Å². The third-order valence-electron chi connectivity index (χ3n) is 2.64. The van der Waals surface area contributed by atoms with Gasteiger partial charge < -0.3 is 0 Å². The van der Waals surface area contributed by atoms with Crippen LogP contribution in [0.2, 0.25) is 0 Å². The van der Waals surface area contributed by atoms with Gasteiger partial charge in [-0.1, -0.05) is 26.8 Å². The van der Waals surface area contributed by atoms with Gasteiger partial charge in [-0.25, -0.2) is 0 Å². The molecule has 1 aromatic rings. The summed E-state index contributed by atoms with van der Waals surface area (Å²) in [6.45, 7) is 13.5. The molecule has 1 aromatic heterocycles. The number of aromatic nitrogens is 1. The minimum Gasteiger partial charge on any atom is -0.279 e. The molecule has 0 unspecified atom stereocenters. The van der Waals surface area contributed by atoms with Crippen molar-refractivity contribution in [3.63, 3.8) is 0 Å². The molecule has 0 bridgehead atoms. The van der Waals surface area contributed by atoms with E-state index >= 15 is 0 Å². The minimum absolute atomic E-state index is 0.157. The van der Waals surface area contributed by atoms with Crippen LogP contribution in [0.3, 0.4) is 0 Å². The zero-order valence-electron chi connectivity index (χ0n) is 13.6. The first-order chi connectivity index (χ1) is 9.48. The third kappa shape index (κ3) is 6.31. The molecule has 128 valence electrons. The standard InChI is InChI=1S/C13H22N.CHF3O3S/c1-12(2,3)11-9-7-8-10-14(11)13(4,5)6;2-1(3,4)8(5,6)7/h7-10H,1-6H3;(H,5,6,7)/q+1;. The number of alkyl halides is 3. The van der Waals surface area contributed by atoms with E-state index in [4.69, 9.17) is 13.0 Å². The van der Waals surface area contributed by atoms with Crippen molar-refractivity contribution in [2.45, 2.75) is 58.0 Å². The van der Waals surface area contributed by atoms with Gasteiger partial charge in [0, 0.05) is 38.3 Å². The lowest BCUT2D eigenvalue weighted by atomic mass is 9.89. The Kier molecular flexibility index (Phi) is 6.19. The highest BCUT2D eigenvalue weighted by atomic mass is 32.2. The second kappa shape index (κ2) is 6.54. The number of nitrogens with zero attached hydrogens (tertiary/aromatic N) is 1. The molecule has 0 saturated carbocycles. The fourth-order valence-electron chi connectivity index (χ4n) is 1.64. The van der Waals surface area contributed by atoms with Gasteiger partial charge in [-0.2, -0.15) is 26.2 Å². The highest BCUT2D eigenvalue weighted by Crippen LogP contribution is 2.21. The van der Waals surface area contributed by atoms with Gasteiger partial charge in [0.15, 0.2) is 17.4 Å². The topological polar surface area (TPSA) is 58.2 Å². The van der Waals surface area contributed by atoms with E-state index < -0.39 is 15.6 Å². The molecule has 0 spiro atoms. The van der Waals surface area contributed by atoms with Gasteiger partial charge in [-0.3, -0.25) is 4.55 Å². The fourth-order valence-corrected chi connectivity index (χ4v) is 1.64. The highest BCUT2D eigenvalue weighted by molar-refractivity contribution is 7.86. The van der Waals surface area contributed by atoms with Gasteiger partial charge in [0.25, 0.3) is 0 Å². The van der Waals surface area contributed by atoms with Gasteiger partial charge in [-0.05, 0) is 0 Å². The summed E-state index contributed by atoms with van der Waals surface area (Å²) in [6, 6.07) is 6.43. The molecule has 0 saturated heterocycles. The zero-order chi connectivity index (χ0) is 18.0. The maximum absolute atomic E-state index is 10.7. The van der Waals surface area contributed by atoms with Gasteiger partial charge >= 0.3 is 15.6 Å². The second-order valence-corrected chi connectivity index (χ2v) is 8.21. The Labute approximate surface area is 129 Å². The summed E-state index contributed by atoms with van der Waals surface area (Å²) in [5.41, 5.74) is -3.79. The largest absolute Gasteiger partial charge is 0.522 e. The molecule has 1 rings (SSSR count). The molecule has 0 radical (unpaired) electrons. The molecule has 8 heteroatoms. The summed E-state index contributed by atoms with van der Waals surface area (Å²) in [7, 11) is -5.84. The van der Waals surface area contributed by atoms with E-state index in [9.17, 15) is 13.2 Å². The predicted octanol–water partition coefficient (Wildman–Crippen LogP) is 3.42. The Hall–Kier alpha value is -1.15. The van der Waals surface area contributed by atoms with E-state index in [-0.39, 0.29) is 11.0 Å². The van der Waals surface area contributed by atoms with Crippen LogP contribution in [0.5, 0.6) is 0 Å². The van der Waals surface area contributed by atoms with Crippen molar-refractivity contribution < 1.29 is 30.7 Å². The van der Waals surface area contributed by atoms with Crippen LogP contribution in [0.1, 0.15) is 47.2 Å². The van der Waals surface area contributed by atoms with Gasteiger partial charge in [0.1, 0.15) is 0 Å². The summed E-state index contributed by atoms with van der Waals surface area (Å²) in [5, 5.41) is 0. The van der Waals surface area contributed by atoms with Crippen LogP contribution < -0.4 is 4.57 Å². The summed E-state index contributed by atoms with van der Waals surface area (Å²) >= 11 is 0. The molecule has 0 amide bonds. The maximum atomic E-state index is 10.7. The summed E-state index contributed by atoms with van der Waals surface area (Å²) < 4.78 is 59.9. The molecule has 1 N–H and O–H groups in total. The SMILES string of the molecule is CC(C)(C)c1cccc[n+]1C(C)(C)C.O=S(=O)(O)C(F)(F)F. The lowest BCUT2D eigenvalue weighted by molar-refractivity contribution is -0.763. The van der Waals surface area contributed by atoms with Gasteiger partial charge in [0.05, 0.1) is 0 Å². The summed E-state index contributed by atoms with van der Waals surface area (Å²) in [6.07, 6.45) is 2.17. The van der Waals surface area contributed by atoms with Crippen LogP contribution in [0.4, 0.5) is 13.2 Å². The Morgan fingerprint density at radius 2 is 1.41 bits per heavy atom. The van der Waals surface area contributed by atoms with Crippen molar-refractivity contribution in [1.29, 1.82) is 0 Å². The van der Waals surface area contributed by atoms with E-state index in [1.807, 2.05) is 0 Å². The molecule has 1 heterocycles. The molecule has 0 fully saturated rings. The average Bonchev–Trinajstić information content (AvgIpc) is 2.24. The molecule has 22 heavy (non-hydrogen) atoms. The van der Waals surface area contributed by atoms with E-state index in [0.717, 1.165) is 0 Å². The Balaban J connectivity index is 0.000000472. The van der Waals surface area contributed by atoms with E-state index in [0.29, 0.717) is 0 Å². The van der Waals surface area contributed by atoms with Crippen molar-refractivity contribution in [1.82, 2.24) is 0 Å². The zero-order valence-corrected chi connectivity index (χ0v) is 14.4. The van der Waals surface area contributed by atoms with Crippen LogP contribution in [-0.4, -0.2) is 18.5 Å². The third-order valence-corrected chi connectivity index (χ3v) is 3.23. The first-order valence-corrected chi connectivity index (χ1v) is 7.97. The lowest BCUT2D eigenvalue weighted by Gasteiger charge is -2.23. The summed E-state index contributed by atoms with van der Waals surface area (Å²) in [4.78, 5) is 0. The molecule has 0 aliphatic heterocycles. The van der Waals surface area contributed by atoms with E-state index in [1.165, 1.54) is 5.69 Å². The maximum Gasteiger partial charge on any atom is 0.522 e. The monoisotopic (exact) mass is 342 g/mol. The lowest BCUT2D eigenvalue weighted by Crippen LogP contribution is -2.55.